The fourth-order valence-electron chi connectivity index (χ4n) is 2.05. The molecular formula is C17H21NO2S. The third-order valence-corrected chi connectivity index (χ3v) is 4.97. The van der Waals surface area contributed by atoms with Crippen molar-refractivity contribution in [1.82, 2.24) is 5.16 Å². The molecule has 4 heteroatoms. The van der Waals surface area contributed by atoms with Crippen LogP contribution in [0.4, 0.5) is 0 Å². The maximum atomic E-state index is 5.75. The van der Waals surface area contributed by atoms with Gasteiger partial charge in [-0.1, -0.05) is 19.0 Å². The van der Waals surface area contributed by atoms with Gasteiger partial charge >= 0.3 is 0 Å². The zero-order valence-corrected chi connectivity index (χ0v) is 13.4. The van der Waals surface area contributed by atoms with Crippen LogP contribution in [-0.2, 0) is 6.61 Å². The summed E-state index contributed by atoms with van der Waals surface area (Å²) in [6.07, 6.45) is 3.65. The summed E-state index contributed by atoms with van der Waals surface area (Å²) >= 11 is 1.90. The van der Waals surface area contributed by atoms with E-state index in [0.717, 1.165) is 17.2 Å². The van der Waals surface area contributed by atoms with Gasteiger partial charge in [-0.25, -0.2) is 0 Å². The highest BCUT2D eigenvalue weighted by molar-refractivity contribution is 7.99. The first-order valence-electron chi connectivity index (χ1n) is 7.59. The molecule has 1 unspecified atom stereocenters. The Labute approximate surface area is 130 Å². The van der Waals surface area contributed by atoms with Gasteiger partial charge in [-0.2, -0.15) is 0 Å². The monoisotopic (exact) mass is 303 g/mol. The van der Waals surface area contributed by atoms with Crippen LogP contribution in [0.1, 0.15) is 50.5 Å². The molecule has 1 aliphatic rings. The summed E-state index contributed by atoms with van der Waals surface area (Å²) in [5, 5.41) is 4.73. The van der Waals surface area contributed by atoms with Crippen LogP contribution in [0, 0.1) is 0 Å². The Morgan fingerprint density at radius 1 is 1.33 bits per heavy atom. The largest absolute Gasteiger partial charge is 0.486 e. The average Bonchev–Trinajstić information content (AvgIpc) is 3.25. The van der Waals surface area contributed by atoms with Crippen LogP contribution in [0.3, 0.4) is 0 Å². The van der Waals surface area contributed by atoms with Crippen molar-refractivity contribution in [3.05, 3.63) is 41.8 Å². The summed E-state index contributed by atoms with van der Waals surface area (Å²) < 4.78 is 11.0. The number of nitrogens with zero attached hydrogens (tertiary/aromatic N) is 1. The molecular weight excluding hydrogens is 282 g/mol. The van der Waals surface area contributed by atoms with Crippen molar-refractivity contribution in [2.45, 2.75) is 55.8 Å². The van der Waals surface area contributed by atoms with E-state index < -0.39 is 0 Å². The fourth-order valence-corrected chi connectivity index (χ4v) is 2.98. The maximum absolute atomic E-state index is 5.75. The predicted molar refractivity (Wildman–Crippen MR) is 84.9 cm³/mol. The zero-order chi connectivity index (χ0) is 14.7. The molecule has 0 saturated heterocycles. The normalized spacial score (nSPS) is 15.9. The van der Waals surface area contributed by atoms with Crippen molar-refractivity contribution in [2.24, 2.45) is 0 Å². The third kappa shape index (κ3) is 4.03. The van der Waals surface area contributed by atoms with Gasteiger partial charge in [-0.05, 0) is 43.5 Å². The molecule has 1 atom stereocenters. The molecule has 2 aromatic rings. The van der Waals surface area contributed by atoms with Crippen LogP contribution in [0.2, 0.25) is 0 Å². The third-order valence-electron chi connectivity index (χ3n) is 3.69. The minimum atomic E-state index is 0.442. The highest BCUT2D eigenvalue weighted by Crippen LogP contribution is 2.39. The van der Waals surface area contributed by atoms with Gasteiger partial charge in [0.25, 0.3) is 0 Å². The van der Waals surface area contributed by atoms with Crippen LogP contribution in [-0.4, -0.2) is 10.4 Å². The van der Waals surface area contributed by atoms with Crippen LogP contribution >= 0.6 is 11.8 Å². The first-order chi connectivity index (χ1) is 10.2. The van der Waals surface area contributed by atoms with Gasteiger partial charge in [0.15, 0.2) is 5.76 Å². The molecule has 1 aromatic carbocycles. The average molecular weight is 303 g/mol. The van der Waals surface area contributed by atoms with Gasteiger partial charge in [0.1, 0.15) is 12.4 Å². The molecule has 1 aliphatic carbocycles. The van der Waals surface area contributed by atoms with E-state index in [1.165, 1.54) is 24.2 Å². The second-order valence-electron chi connectivity index (χ2n) is 5.59. The Balaban J connectivity index is 1.52. The standard InChI is InChI=1S/C17H21NO2S/c1-3-12(2)21-16-8-6-14(7-9-16)19-11-15-10-17(18-20-15)13-4-5-13/h6-10,12-13H,3-5,11H2,1-2H3. The molecule has 0 bridgehead atoms. The van der Waals surface area contributed by atoms with E-state index in [1.54, 1.807) is 0 Å². The van der Waals surface area contributed by atoms with Gasteiger partial charge in [0.05, 0.1) is 5.69 Å². The summed E-state index contributed by atoms with van der Waals surface area (Å²) in [5.74, 6) is 2.29. The van der Waals surface area contributed by atoms with E-state index in [-0.39, 0.29) is 0 Å². The lowest BCUT2D eigenvalue weighted by Crippen LogP contribution is -1.94. The topological polar surface area (TPSA) is 35.3 Å². The van der Waals surface area contributed by atoms with E-state index in [4.69, 9.17) is 9.26 Å². The van der Waals surface area contributed by atoms with Crippen LogP contribution in [0.5, 0.6) is 5.75 Å². The zero-order valence-electron chi connectivity index (χ0n) is 12.5. The lowest BCUT2D eigenvalue weighted by molar-refractivity contribution is 0.248. The summed E-state index contributed by atoms with van der Waals surface area (Å²) in [7, 11) is 0. The van der Waals surface area contributed by atoms with Crippen LogP contribution in [0.25, 0.3) is 0 Å². The van der Waals surface area contributed by atoms with Crippen molar-refractivity contribution >= 4 is 11.8 Å². The lowest BCUT2D eigenvalue weighted by atomic mass is 10.3. The smallest absolute Gasteiger partial charge is 0.174 e. The van der Waals surface area contributed by atoms with Crippen LogP contribution < -0.4 is 4.74 Å². The Morgan fingerprint density at radius 2 is 2.10 bits per heavy atom. The fraction of sp³-hybridized carbons (Fsp3) is 0.471. The summed E-state index contributed by atoms with van der Waals surface area (Å²) in [5.41, 5.74) is 1.08. The van der Waals surface area contributed by atoms with Crippen molar-refractivity contribution < 1.29 is 9.26 Å². The lowest BCUT2D eigenvalue weighted by Gasteiger charge is -2.09. The highest BCUT2D eigenvalue weighted by atomic mass is 32.2. The minimum absolute atomic E-state index is 0.442. The second kappa shape index (κ2) is 6.56. The second-order valence-corrected chi connectivity index (χ2v) is 7.10. The number of thioether (sulfide) groups is 1. The first-order valence-corrected chi connectivity index (χ1v) is 8.47. The van der Waals surface area contributed by atoms with Crippen LogP contribution in [0.15, 0.2) is 39.8 Å². The summed E-state index contributed by atoms with van der Waals surface area (Å²) in [6.45, 7) is 4.90. The van der Waals surface area contributed by atoms with E-state index >= 15 is 0 Å². The molecule has 0 aliphatic heterocycles. The molecule has 1 fully saturated rings. The van der Waals surface area contributed by atoms with E-state index in [2.05, 4.69) is 31.1 Å². The number of rotatable bonds is 7. The summed E-state index contributed by atoms with van der Waals surface area (Å²) in [6, 6.07) is 10.3. The Morgan fingerprint density at radius 3 is 2.76 bits per heavy atom. The van der Waals surface area contributed by atoms with E-state index in [9.17, 15) is 0 Å². The van der Waals surface area contributed by atoms with Gasteiger partial charge in [0, 0.05) is 22.1 Å². The van der Waals surface area contributed by atoms with Crippen molar-refractivity contribution in [2.75, 3.05) is 0 Å². The van der Waals surface area contributed by atoms with E-state index in [1.807, 2.05) is 30.0 Å². The minimum Gasteiger partial charge on any atom is -0.486 e. The number of benzene rings is 1. The van der Waals surface area contributed by atoms with E-state index in [0.29, 0.717) is 17.8 Å². The molecule has 3 nitrogen and oxygen atoms in total. The number of aromatic nitrogens is 1. The van der Waals surface area contributed by atoms with Crippen molar-refractivity contribution in [3.8, 4) is 5.75 Å². The quantitative estimate of drug-likeness (QED) is 0.673. The van der Waals surface area contributed by atoms with Crippen molar-refractivity contribution in [1.29, 1.82) is 0 Å². The molecule has 1 saturated carbocycles. The Bertz CT molecular complexity index is 575. The number of ether oxygens (including phenoxy) is 1. The van der Waals surface area contributed by atoms with Crippen molar-refractivity contribution in [3.63, 3.8) is 0 Å². The Hall–Kier alpha value is -1.42. The molecule has 0 amide bonds. The van der Waals surface area contributed by atoms with Gasteiger partial charge < -0.3 is 9.26 Å². The number of hydrogen-bond donors (Lipinski definition) is 0. The number of hydrogen-bond acceptors (Lipinski definition) is 4. The molecule has 3 rings (SSSR count). The van der Waals surface area contributed by atoms with Gasteiger partial charge in [-0.3, -0.25) is 0 Å². The van der Waals surface area contributed by atoms with Gasteiger partial charge in [0.2, 0.25) is 0 Å². The molecule has 1 aromatic heterocycles. The SMILES string of the molecule is CCC(C)Sc1ccc(OCc2cc(C3CC3)no2)cc1. The molecule has 1 heterocycles. The van der Waals surface area contributed by atoms with Gasteiger partial charge in [-0.15, -0.1) is 11.8 Å². The molecule has 0 spiro atoms. The Kier molecular flexibility index (Phi) is 4.54. The maximum Gasteiger partial charge on any atom is 0.174 e. The molecule has 0 radical (unpaired) electrons. The summed E-state index contributed by atoms with van der Waals surface area (Å²) in [4.78, 5) is 1.28. The first kappa shape index (κ1) is 14.5. The molecule has 112 valence electrons. The highest BCUT2D eigenvalue weighted by Gasteiger charge is 2.27. The predicted octanol–water partition coefficient (Wildman–Crippen LogP) is 5.02. The molecule has 21 heavy (non-hydrogen) atoms. The molecule has 0 N–H and O–H groups in total.